The molecule has 0 aliphatic heterocycles. The van der Waals surface area contributed by atoms with E-state index >= 15 is 0 Å². The molecule has 0 fully saturated rings. The molecular weight excluding hydrogens is 246 g/mol. The Kier molecular flexibility index (Phi) is 8.34. The monoisotopic (exact) mass is 269 g/mol. The fourth-order valence-corrected chi connectivity index (χ4v) is 1.57. The van der Waals surface area contributed by atoms with Gasteiger partial charge < -0.3 is 15.3 Å². The third-order valence-electron chi connectivity index (χ3n) is 2.90. The summed E-state index contributed by atoms with van der Waals surface area (Å²) in [7, 11) is 0. The van der Waals surface area contributed by atoms with Crippen molar-refractivity contribution in [2.75, 3.05) is 19.6 Å². The van der Waals surface area contributed by atoms with E-state index in [1.165, 1.54) is 0 Å². The number of hydrogen-bond donors (Lipinski definition) is 2. The number of nitrogens with zero attached hydrogens (tertiary/aromatic N) is 2. The largest absolute Gasteiger partial charge is 0.481 e. The van der Waals surface area contributed by atoms with E-state index in [0.29, 0.717) is 32.5 Å². The van der Waals surface area contributed by atoms with Crippen LogP contribution in [-0.4, -0.2) is 41.6 Å². The summed E-state index contributed by atoms with van der Waals surface area (Å²) in [5.74, 6) is -1.40. The third-order valence-corrected chi connectivity index (χ3v) is 2.90. The van der Waals surface area contributed by atoms with E-state index in [-0.39, 0.29) is 11.9 Å². The van der Waals surface area contributed by atoms with E-state index in [2.05, 4.69) is 11.4 Å². The molecule has 0 radical (unpaired) electrons. The van der Waals surface area contributed by atoms with Gasteiger partial charge in [-0.25, -0.2) is 4.79 Å². The minimum absolute atomic E-state index is 0.197. The van der Waals surface area contributed by atoms with Gasteiger partial charge in [0.15, 0.2) is 0 Å². The van der Waals surface area contributed by atoms with Gasteiger partial charge in [-0.05, 0) is 26.7 Å². The Morgan fingerprint density at radius 3 is 2.53 bits per heavy atom. The minimum atomic E-state index is -0.815. The fraction of sp³-hybridized carbons (Fsp3) is 0.769. The number of carboxylic acids is 1. The Morgan fingerprint density at radius 1 is 1.42 bits per heavy atom. The highest BCUT2D eigenvalue weighted by molar-refractivity contribution is 5.74. The van der Waals surface area contributed by atoms with Crippen LogP contribution in [0.5, 0.6) is 0 Å². The van der Waals surface area contributed by atoms with Crippen molar-refractivity contribution in [1.82, 2.24) is 10.2 Å². The number of carbonyl (C=O) groups excluding carboxylic acids is 1. The molecule has 6 heteroatoms. The van der Waals surface area contributed by atoms with Crippen molar-refractivity contribution in [2.45, 2.75) is 33.6 Å². The standard InChI is InChI=1S/C13H23N3O3/c1-4-16(9-10(2)8-14)13(19)15-7-5-6-11(3)12(17)18/h10-11H,4-7,9H2,1-3H3,(H,15,19)(H,17,18). The van der Waals surface area contributed by atoms with Gasteiger partial charge in [-0.15, -0.1) is 0 Å². The molecule has 0 aromatic carbocycles. The zero-order valence-corrected chi connectivity index (χ0v) is 11.8. The number of nitriles is 1. The lowest BCUT2D eigenvalue weighted by molar-refractivity contribution is -0.141. The molecule has 2 atom stereocenters. The van der Waals surface area contributed by atoms with E-state index in [9.17, 15) is 9.59 Å². The maximum atomic E-state index is 11.8. The predicted molar refractivity (Wildman–Crippen MR) is 71.5 cm³/mol. The molecule has 0 spiro atoms. The van der Waals surface area contributed by atoms with Crippen LogP contribution in [0.3, 0.4) is 0 Å². The first-order valence-corrected chi connectivity index (χ1v) is 6.57. The quantitative estimate of drug-likeness (QED) is 0.655. The first kappa shape index (κ1) is 17.2. The average molecular weight is 269 g/mol. The second kappa shape index (κ2) is 9.20. The highest BCUT2D eigenvalue weighted by Crippen LogP contribution is 2.04. The molecule has 0 heterocycles. The van der Waals surface area contributed by atoms with E-state index in [4.69, 9.17) is 10.4 Å². The molecule has 2 N–H and O–H groups in total. The number of hydrogen-bond acceptors (Lipinski definition) is 3. The van der Waals surface area contributed by atoms with Crippen molar-refractivity contribution in [3.63, 3.8) is 0 Å². The Balaban J connectivity index is 3.95. The molecule has 2 unspecified atom stereocenters. The molecule has 0 saturated carbocycles. The van der Waals surface area contributed by atoms with Crippen LogP contribution in [0, 0.1) is 23.2 Å². The van der Waals surface area contributed by atoms with Crippen LogP contribution in [-0.2, 0) is 4.79 Å². The first-order chi connectivity index (χ1) is 8.92. The van der Waals surface area contributed by atoms with Crippen molar-refractivity contribution in [1.29, 1.82) is 5.26 Å². The topological polar surface area (TPSA) is 93.4 Å². The molecule has 0 bridgehead atoms. The smallest absolute Gasteiger partial charge is 0.317 e. The normalized spacial score (nSPS) is 13.2. The van der Waals surface area contributed by atoms with Gasteiger partial charge in [0.25, 0.3) is 0 Å². The lowest BCUT2D eigenvalue weighted by atomic mass is 10.1. The van der Waals surface area contributed by atoms with Crippen molar-refractivity contribution in [2.24, 2.45) is 11.8 Å². The summed E-state index contributed by atoms with van der Waals surface area (Å²) in [5, 5.41) is 20.2. The lowest BCUT2D eigenvalue weighted by Gasteiger charge is -2.22. The van der Waals surface area contributed by atoms with E-state index < -0.39 is 11.9 Å². The summed E-state index contributed by atoms with van der Waals surface area (Å²) < 4.78 is 0. The highest BCUT2D eigenvalue weighted by atomic mass is 16.4. The summed E-state index contributed by atoms with van der Waals surface area (Å²) in [6.07, 6.45) is 1.17. The van der Waals surface area contributed by atoms with Crippen LogP contribution in [0.4, 0.5) is 4.79 Å². The Morgan fingerprint density at radius 2 is 2.05 bits per heavy atom. The van der Waals surface area contributed by atoms with Crippen LogP contribution < -0.4 is 5.32 Å². The molecule has 19 heavy (non-hydrogen) atoms. The molecule has 0 aliphatic rings. The summed E-state index contributed by atoms with van der Waals surface area (Å²) in [6, 6.07) is 1.89. The lowest BCUT2D eigenvalue weighted by Crippen LogP contribution is -2.42. The molecule has 0 saturated heterocycles. The van der Waals surface area contributed by atoms with Crippen molar-refractivity contribution in [3.8, 4) is 6.07 Å². The van der Waals surface area contributed by atoms with E-state index in [0.717, 1.165) is 0 Å². The molecule has 2 amide bonds. The molecule has 108 valence electrons. The fourth-order valence-electron chi connectivity index (χ4n) is 1.57. The number of amides is 2. The molecular formula is C13H23N3O3. The van der Waals surface area contributed by atoms with Crippen LogP contribution >= 0.6 is 0 Å². The minimum Gasteiger partial charge on any atom is -0.481 e. The Labute approximate surface area is 114 Å². The predicted octanol–water partition coefficient (Wildman–Crippen LogP) is 1.68. The second-order valence-electron chi connectivity index (χ2n) is 4.68. The van der Waals surface area contributed by atoms with Gasteiger partial charge in [0.1, 0.15) is 0 Å². The molecule has 0 aromatic rings. The number of carboxylic acid groups (broad SMARTS) is 1. The molecule has 6 nitrogen and oxygen atoms in total. The zero-order chi connectivity index (χ0) is 14.8. The average Bonchev–Trinajstić information content (AvgIpc) is 2.39. The van der Waals surface area contributed by atoms with Crippen LogP contribution in [0.1, 0.15) is 33.6 Å². The summed E-state index contributed by atoms with van der Waals surface area (Å²) in [4.78, 5) is 24.0. The summed E-state index contributed by atoms with van der Waals surface area (Å²) >= 11 is 0. The van der Waals surface area contributed by atoms with Crippen molar-refractivity contribution in [3.05, 3.63) is 0 Å². The first-order valence-electron chi connectivity index (χ1n) is 6.57. The van der Waals surface area contributed by atoms with Gasteiger partial charge >= 0.3 is 12.0 Å². The molecule has 0 rings (SSSR count). The van der Waals surface area contributed by atoms with Gasteiger partial charge in [0.2, 0.25) is 0 Å². The maximum absolute atomic E-state index is 11.8. The van der Waals surface area contributed by atoms with Crippen LogP contribution in [0.25, 0.3) is 0 Å². The number of carbonyl (C=O) groups is 2. The van der Waals surface area contributed by atoms with Gasteiger partial charge in [0, 0.05) is 19.6 Å². The van der Waals surface area contributed by atoms with Crippen LogP contribution in [0.15, 0.2) is 0 Å². The number of nitrogens with one attached hydrogen (secondary N) is 1. The third kappa shape index (κ3) is 7.29. The maximum Gasteiger partial charge on any atom is 0.317 e. The number of urea groups is 1. The number of aliphatic carboxylic acids is 1. The summed E-state index contributed by atoms with van der Waals surface area (Å²) in [6.45, 7) is 6.68. The summed E-state index contributed by atoms with van der Waals surface area (Å²) in [5.41, 5.74) is 0. The SMILES string of the molecule is CCN(CC(C)C#N)C(=O)NCCCC(C)C(=O)O. The van der Waals surface area contributed by atoms with Crippen molar-refractivity contribution < 1.29 is 14.7 Å². The van der Waals surface area contributed by atoms with Crippen LogP contribution in [0.2, 0.25) is 0 Å². The molecule has 0 aromatic heterocycles. The van der Waals surface area contributed by atoms with Gasteiger partial charge in [-0.1, -0.05) is 6.92 Å². The van der Waals surface area contributed by atoms with Gasteiger partial charge in [-0.3, -0.25) is 4.79 Å². The molecule has 0 aliphatic carbocycles. The van der Waals surface area contributed by atoms with Gasteiger partial charge in [-0.2, -0.15) is 5.26 Å². The second-order valence-corrected chi connectivity index (χ2v) is 4.68. The number of rotatable bonds is 8. The Hall–Kier alpha value is -1.77. The van der Waals surface area contributed by atoms with Crippen molar-refractivity contribution >= 4 is 12.0 Å². The highest BCUT2D eigenvalue weighted by Gasteiger charge is 2.14. The zero-order valence-electron chi connectivity index (χ0n) is 11.8. The van der Waals surface area contributed by atoms with E-state index in [1.54, 1.807) is 18.7 Å². The van der Waals surface area contributed by atoms with Gasteiger partial charge in [0.05, 0.1) is 17.9 Å². The Bertz CT molecular complexity index is 339. The van der Waals surface area contributed by atoms with E-state index in [1.807, 2.05) is 6.92 Å².